The molecule has 0 saturated carbocycles. The van der Waals surface area contributed by atoms with Crippen LogP contribution in [0.4, 0.5) is 0 Å². The molecule has 0 bridgehead atoms. The molecule has 0 aliphatic carbocycles. The molecule has 0 unspecified atom stereocenters. The Kier molecular flexibility index (Phi) is 2.86. The smallest absolute Gasteiger partial charge is 0.173 e. The number of hydrogen-bond acceptors (Lipinski definition) is 1. The van der Waals surface area contributed by atoms with Gasteiger partial charge in [0.15, 0.2) is 7.12 Å². The predicted octanol–water partition coefficient (Wildman–Crippen LogP) is 0.676. The molecule has 0 atom stereocenters. The van der Waals surface area contributed by atoms with E-state index in [0.29, 0.717) is 0 Å². The van der Waals surface area contributed by atoms with Gasteiger partial charge in [-0.1, -0.05) is 13.8 Å². The van der Waals surface area contributed by atoms with Crippen molar-refractivity contribution in [1.82, 2.24) is 0 Å². The fourth-order valence-corrected chi connectivity index (χ4v) is 0. The highest BCUT2D eigenvalue weighted by atomic mass is 32.2. The van der Waals surface area contributed by atoms with Crippen LogP contribution in [0.1, 0.15) is 13.8 Å². The van der Waals surface area contributed by atoms with Crippen molar-refractivity contribution in [3.8, 4) is 0 Å². The van der Waals surface area contributed by atoms with Crippen molar-refractivity contribution in [3.05, 3.63) is 0 Å². The Balaban J connectivity index is 2.54. The third kappa shape index (κ3) is 4.41. The standard InChI is InChI=1S/C3H9BS/c1-3(2)5-4/h3H,4H2,1-2H3. The first-order valence-electron chi connectivity index (χ1n) is 1.80. The maximum Gasteiger partial charge on any atom is 0.173 e. The van der Waals surface area contributed by atoms with Crippen LogP contribution < -0.4 is 0 Å². The minimum atomic E-state index is 0.801. The fourth-order valence-electron chi connectivity index (χ4n) is 0. The molecular formula is C3H9BS. The van der Waals surface area contributed by atoms with Crippen molar-refractivity contribution < 1.29 is 0 Å². The summed E-state index contributed by atoms with van der Waals surface area (Å²) in [6.07, 6.45) is 0. The summed E-state index contributed by atoms with van der Waals surface area (Å²) in [6.45, 7) is 4.37. The Hall–Kier alpha value is 0.415. The number of rotatable bonds is 1. The van der Waals surface area contributed by atoms with E-state index in [2.05, 4.69) is 21.0 Å². The zero-order chi connectivity index (χ0) is 4.28. The van der Waals surface area contributed by atoms with Gasteiger partial charge in [-0.3, -0.25) is 0 Å². The van der Waals surface area contributed by atoms with E-state index in [-0.39, 0.29) is 0 Å². The van der Waals surface area contributed by atoms with E-state index in [4.69, 9.17) is 0 Å². The Labute approximate surface area is 38.6 Å². The van der Waals surface area contributed by atoms with Crippen LogP contribution in [0.2, 0.25) is 0 Å². The van der Waals surface area contributed by atoms with Crippen LogP contribution in [0.25, 0.3) is 0 Å². The fraction of sp³-hybridized carbons (Fsp3) is 1.00. The summed E-state index contributed by atoms with van der Waals surface area (Å²) < 4.78 is 0. The molecule has 0 aliphatic heterocycles. The van der Waals surface area contributed by atoms with Gasteiger partial charge < -0.3 is 0 Å². The van der Waals surface area contributed by atoms with Gasteiger partial charge in [-0.05, 0) is 5.25 Å². The second-order valence-electron chi connectivity index (χ2n) is 1.28. The highest BCUT2D eigenvalue weighted by Crippen LogP contribution is 1.98. The van der Waals surface area contributed by atoms with Crippen LogP contribution in [0.15, 0.2) is 0 Å². The van der Waals surface area contributed by atoms with Gasteiger partial charge in [-0.25, -0.2) is 11.6 Å². The highest BCUT2D eigenvalue weighted by Gasteiger charge is 1.79. The normalized spacial score (nSPS) is 9.40. The van der Waals surface area contributed by atoms with E-state index >= 15 is 0 Å². The molecule has 0 N–H and O–H groups in total. The van der Waals surface area contributed by atoms with Gasteiger partial charge in [0, 0.05) is 0 Å². The first-order chi connectivity index (χ1) is 2.27. The molecule has 0 amide bonds. The molecule has 0 spiro atoms. The van der Waals surface area contributed by atoms with Crippen molar-refractivity contribution in [2.24, 2.45) is 0 Å². The Morgan fingerprint density at radius 2 is 1.80 bits per heavy atom. The maximum absolute atomic E-state index is 2.19. The lowest BCUT2D eigenvalue weighted by Crippen LogP contribution is -1.80. The molecule has 0 rings (SSSR count). The lowest BCUT2D eigenvalue weighted by molar-refractivity contribution is 1.12. The van der Waals surface area contributed by atoms with Gasteiger partial charge in [0.25, 0.3) is 0 Å². The van der Waals surface area contributed by atoms with Gasteiger partial charge >= 0.3 is 0 Å². The third-order valence-electron chi connectivity index (χ3n) is 0.471. The lowest BCUT2D eigenvalue weighted by Gasteiger charge is -1.91. The molecular weight excluding hydrogens is 78.9 g/mol. The van der Waals surface area contributed by atoms with E-state index in [1.54, 1.807) is 0 Å². The minimum Gasteiger partial charge on any atom is -0.217 e. The molecule has 0 nitrogen and oxygen atoms in total. The largest absolute Gasteiger partial charge is 0.217 e. The molecule has 0 fully saturated rings. The van der Waals surface area contributed by atoms with E-state index in [1.165, 1.54) is 0 Å². The van der Waals surface area contributed by atoms with Gasteiger partial charge in [-0.15, -0.1) is 0 Å². The van der Waals surface area contributed by atoms with E-state index in [9.17, 15) is 0 Å². The molecule has 0 radical (unpaired) electrons. The van der Waals surface area contributed by atoms with Crippen molar-refractivity contribution in [2.45, 2.75) is 19.1 Å². The summed E-state index contributed by atoms with van der Waals surface area (Å²) in [7, 11) is 2.12. The highest BCUT2D eigenvalue weighted by molar-refractivity contribution is 8.20. The summed E-state index contributed by atoms with van der Waals surface area (Å²) in [5.74, 6) is 0. The summed E-state index contributed by atoms with van der Waals surface area (Å²) in [6, 6.07) is 0. The third-order valence-corrected chi connectivity index (χ3v) is 1.41. The van der Waals surface area contributed by atoms with Crippen molar-refractivity contribution in [1.29, 1.82) is 0 Å². The maximum atomic E-state index is 2.19. The molecule has 0 aromatic heterocycles. The van der Waals surface area contributed by atoms with Crippen LogP contribution >= 0.6 is 11.6 Å². The van der Waals surface area contributed by atoms with Gasteiger partial charge in [0.1, 0.15) is 0 Å². The first-order valence-corrected chi connectivity index (χ1v) is 3.09. The van der Waals surface area contributed by atoms with Gasteiger partial charge in [0.2, 0.25) is 0 Å². The Morgan fingerprint density at radius 3 is 1.80 bits per heavy atom. The molecule has 0 aliphatic rings. The Bertz CT molecular complexity index is 20.9. The van der Waals surface area contributed by atoms with Crippen LogP contribution in [-0.2, 0) is 0 Å². The zero-order valence-corrected chi connectivity index (χ0v) is 4.80. The van der Waals surface area contributed by atoms with Crippen molar-refractivity contribution in [2.75, 3.05) is 0 Å². The van der Waals surface area contributed by atoms with E-state index in [1.807, 2.05) is 11.6 Å². The Morgan fingerprint density at radius 1 is 1.60 bits per heavy atom. The average molecular weight is 88.0 g/mol. The monoisotopic (exact) mass is 88.1 g/mol. The molecule has 0 aromatic carbocycles. The lowest BCUT2D eigenvalue weighted by atomic mass is 10.6. The summed E-state index contributed by atoms with van der Waals surface area (Å²) >= 11 is 1.88. The topological polar surface area (TPSA) is 0 Å². The second kappa shape index (κ2) is 2.64. The van der Waals surface area contributed by atoms with Crippen LogP contribution in [0, 0.1) is 0 Å². The minimum absolute atomic E-state index is 0.801. The number of hydrogen-bond donors (Lipinski definition) is 0. The molecule has 30 valence electrons. The SMILES string of the molecule is BSC(C)C. The van der Waals surface area contributed by atoms with Crippen LogP contribution in [-0.4, -0.2) is 12.4 Å². The zero-order valence-electron chi connectivity index (χ0n) is 3.99. The molecule has 2 heteroatoms. The molecule has 5 heavy (non-hydrogen) atoms. The summed E-state index contributed by atoms with van der Waals surface area (Å²) in [4.78, 5) is 0. The first kappa shape index (κ1) is 5.41. The summed E-state index contributed by atoms with van der Waals surface area (Å²) in [5.41, 5.74) is 0. The van der Waals surface area contributed by atoms with Crippen LogP contribution in [0.3, 0.4) is 0 Å². The summed E-state index contributed by atoms with van der Waals surface area (Å²) in [5, 5.41) is 0.801. The van der Waals surface area contributed by atoms with Crippen molar-refractivity contribution >= 4 is 18.7 Å². The van der Waals surface area contributed by atoms with Crippen LogP contribution in [0.5, 0.6) is 0 Å². The van der Waals surface area contributed by atoms with E-state index in [0.717, 1.165) is 5.25 Å². The predicted molar refractivity (Wildman–Crippen MR) is 31.3 cm³/mol. The average Bonchev–Trinajstić information content (AvgIpc) is 1.38. The molecule has 0 saturated heterocycles. The van der Waals surface area contributed by atoms with Crippen molar-refractivity contribution in [3.63, 3.8) is 0 Å². The van der Waals surface area contributed by atoms with Gasteiger partial charge in [0.05, 0.1) is 0 Å². The molecule has 0 aromatic rings. The second-order valence-corrected chi connectivity index (χ2v) is 2.70. The van der Waals surface area contributed by atoms with E-state index < -0.39 is 0 Å². The quantitative estimate of drug-likeness (QED) is 0.424. The van der Waals surface area contributed by atoms with Gasteiger partial charge in [-0.2, -0.15) is 0 Å². The molecule has 0 heterocycles.